The predicted octanol–water partition coefficient (Wildman–Crippen LogP) is 3.85. The maximum Gasteiger partial charge on any atom is 0.309 e. The second kappa shape index (κ2) is 10.9. The topological polar surface area (TPSA) is 101 Å². The first kappa shape index (κ1) is 27.3. The minimum atomic E-state index is -0.704. The van der Waals surface area contributed by atoms with Crippen LogP contribution in [0.25, 0.3) is 10.4 Å². The minimum absolute atomic E-state index is 0.0339. The molecule has 1 aromatic carbocycles. The molecule has 2 aliphatic rings. The SMILES string of the molecule is CN[C@H](C(=O)N1CC(OC(=O)C2CC2)C[C@H]1C(=O)N[C@@H](C)c1ccc(-c2scnc2C)cc1)C(C)(C)C. The minimum Gasteiger partial charge on any atom is -0.460 e. The molecule has 2 fully saturated rings. The number of aryl methyl sites for hydroxylation is 1. The van der Waals surface area contributed by atoms with Crippen molar-refractivity contribution in [2.45, 2.75) is 78.1 Å². The van der Waals surface area contributed by atoms with Crippen molar-refractivity contribution in [3.8, 4) is 10.4 Å². The zero-order valence-corrected chi connectivity index (χ0v) is 23.4. The van der Waals surface area contributed by atoms with Crippen LogP contribution < -0.4 is 10.6 Å². The number of carbonyl (C=O) groups is 3. The molecule has 1 saturated heterocycles. The summed E-state index contributed by atoms with van der Waals surface area (Å²) in [4.78, 5) is 46.5. The molecule has 2 N–H and O–H groups in total. The molecule has 2 aromatic rings. The van der Waals surface area contributed by atoms with Gasteiger partial charge in [-0.2, -0.15) is 0 Å². The second-order valence-corrected chi connectivity index (χ2v) is 12.1. The van der Waals surface area contributed by atoms with Crippen molar-refractivity contribution in [2.75, 3.05) is 13.6 Å². The third-order valence-electron chi connectivity index (χ3n) is 7.22. The largest absolute Gasteiger partial charge is 0.460 e. The zero-order chi connectivity index (χ0) is 26.9. The number of thiazole rings is 1. The smallest absolute Gasteiger partial charge is 0.309 e. The number of amides is 2. The molecule has 9 heteroatoms. The number of rotatable bonds is 8. The Bertz CT molecular complexity index is 1140. The third kappa shape index (κ3) is 6.21. The molecule has 0 bridgehead atoms. The Morgan fingerprint density at radius 1 is 1.16 bits per heavy atom. The van der Waals surface area contributed by atoms with Crippen LogP contribution >= 0.6 is 11.3 Å². The van der Waals surface area contributed by atoms with E-state index in [1.54, 1.807) is 23.3 Å². The standard InChI is InChI=1S/C28H38N4O4S/c1-16(18-7-9-19(10-8-18)23-17(2)30-15-37-23)31-25(33)22-13-21(36-27(35)20-11-12-20)14-32(22)26(34)24(29-6)28(3,4)5/h7-10,15-16,20-22,24,29H,11-14H2,1-6H3,(H,31,33)/t16-,21?,22-,24+/m0/s1. The van der Waals surface area contributed by atoms with Crippen molar-refractivity contribution in [1.82, 2.24) is 20.5 Å². The lowest BCUT2D eigenvalue weighted by atomic mass is 9.86. The van der Waals surface area contributed by atoms with Crippen LogP contribution in [0.2, 0.25) is 0 Å². The van der Waals surface area contributed by atoms with Gasteiger partial charge in [0.1, 0.15) is 12.1 Å². The number of nitrogens with one attached hydrogen (secondary N) is 2. The monoisotopic (exact) mass is 526 g/mol. The van der Waals surface area contributed by atoms with Gasteiger partial charge in [-0.05, 0) is 50.3 Å². The van der Waals surface area contributed by atoms with Gasteiger partial charge in [-0.1, -0.05) is 45.0 Å². The molecule has 1 unspecified atom stereocenters. The highest BCUT2D eigenvalue weighted by molar-refractivity contribution is 7.13. The lowest BCUT2D eigenvalue weighted by Gasteiger charge is -2.34. The second-order valence-electron chi connectivity index (χ2n) is 11.3. The Kier molecular flexibility index (Phi) is 8.04. The van der Waals surface area contributed by atoms with Crippen molar-refractivity contribution < 1.29 is 19.1 Å². The van der Waals surface area contributed by atoms with Gasteiger partial charge in [0.05, 0.1) is 40.6 Å². The molecular weight excluding hydrogens is 488 g/mol. The third-order valence-corrected chi connectivity index (χ3v) is 8.20. The molecule has 1 aromatic heterocycles. The molecule has 4 rings (SSSR count). The Morgan fingerprint density at radius 2 is 1.84 bits per heavy atom. The Morgan fingerprint density at radius 3 is 2.38 bits per heavy atom. The maximum absolute atomic E-state index is 13.6. The highest BCUT2D eigenvalue weighted by atomic mass is 32.1. The summed E-state index contributed by atoms with van der Waals surface area (Å²) < 4.78 is 5.71. The van der Waals surface area contributed by atoms with Crippen LogP contribution in [0, 0.1) is 18.3 Å². The summed E-state index contributed by atoms with van der Waals surface area (Å²) in [6.45, 7) is 10.1. The van der Waals surface area contributed by atoms with Crippen LogP contribution in [0.15, 0.2) is 29.8 Å². The van der Waals surface area contributed by atoms with Gasteiger partial charge < -0.3 is 20.3 Å². The van der Waals surface area contributed by atoms with Crippen molar-refractivity contribution in [3.63, 3.8) is 0 Å². The predicted molar refractivity (Wildman–Crippen MR) is 144 cm³/mol. The van der Waals surface area contributed by atoms with Gasteiger partial charge in [0.15, 0.2) is 0 Å². The van der Waals surface area contributed by atoms with E-state index in [2.05, 4.69) is 15.6 Å². The number of ether oxygens (including phenoxy) is 1. The van der Waals surface area contributed by atoms with Crippen LogP contribution in [0.1, 0.15) is 64.3 Å². The zero-order valence-electron chi connectivity index (χ0n) is 22.5. The Labute approximate surface area is 223 Å². The van der Waals surface area contributed by atoms with E-state index in [9.17, 15) is 14.4 Å². The summed E-state index contributed by atoms with van der Waals surface area (Å²) in [5.74, 6) is -0.647. The summed E-state index contributed by atoms with van der Waals surface area (Å²) in [6.07, 6.45) is 1.51. The average Bonchev–Trinajstić information content (AvgIpc) is 3.48. The fourth-order valence-electron chi connectivity index (χ4n) is 4.94. The number of likely N-dealkylation sites (N-methyl/N-ethyl adjacent to an activating group) is 1. The number of hydrogen-bond acceptors (Lipinski definition) is 7. The molecule has 0 spiro atoms. The van der Waals surface area contributed by atoms with E-state index in [4.69, 9.17) is 4.74 Å². The number of nitrogens with zero attached hydrogens (tertiary/aromatic N) is 2. The summed E-state index contributed by atoms with van der Waals surface area (Å²) in [5.41, 5.74) is 4.55. The van der Waals surface area contributed by atoms with Crippen molar-refractivity contribution in [3.05, 3.63) is 41.0 Å². The van der Waals surface area contributed by atoms with E-state index in [1.807, 2.05) is 64.4 Å². The van der Waals surface area contributed by atoms with Gasteiger partial charge in [0.25, 0.3) is 0 Å². The molecule has 0 radical (unpaired) electrons. The molecule has 200 valence electrons. The quantitative estimate of drug-likeness (QED) is 0.507. The van der Waals surface area contributed by atoms with Crippen LogP contribution in [-0.4, -0.2) is 59.4 Å². The van der Waals surface area contributed by atoms with Crippen molar-refractivity contribution in [1.29, 1.82) is 0 Å². The Balaban J connectivity index is 1.48. The molecule has 1 saturated carbocycles. The number of likely N-dealkylation sites (tertiary alicyclic amines) is 1. The average molecular weight is 527 g/mol. The number of aromatic nitrogens is 1. The first-order valence-electron chi connectivity index (χ1n) is 13.0. The molecule has 8 nitrogen and oxygen atoms in total. The van der Waals surface area contributed by atoms with E-state index in [-0.39, 0.29) is 41.7 Å². The van der Waals surface area contributed by atoms with Crippen LogP contribution in [0.4, 0.5) is 0 Å². The van der Waals surface area contributed by atoms with Crippen molar-refractivity contribution >= 4 is 29.1 Å². The Hall–Kier alpha value is -2.78. The molecular formula is C28H38N4O4S. The summed E-state index contributed by atoms with van der Waals surface area (Å²) in [5, 5.41) is 6.20. The molecule has 2 amide bonds. The van der Waals surface area contributed by atoms with Gasteiger partial charge in [0, 0.05) is 6.42 Å². The van der Waals surface area contributed by atoms with E-state index in [0.717, 1.165) is 34.5 Å². The maximum atomic E-state index is 13.6. The number of hydrogen-bond donors (Lipinski definition) is 2. The van der Waals surface area contributed by atoms with Crippen LogP contribution in [0.5, 0.6) is 0 Å². The lowest BCUT2D eigenvalue weighted by molar-refractivity contribution is -0.151. The van der Waals surface area contributed by atoms with E-state index < -0.39 is 18.2 Å². The molecule has 37 heavy (non-hydrogen) atoms. The summed E-state index contributed by atoms with van der Waals surface area (Å²) in [7, 11) is 1.75. The van der Waals surface area contributed by atoms with Gasteiger partial charge in [-0.15, -0.1) is 11.3 Å². The molecule has 1 aliphatic heterocycles. The first-order chi connectivity index (χ1) is 17.5. The number of esters is 1. The van der Waals surface area contributed by atoms with Crippen LogP contribution in [-0.2, 0) is 19.1 Å². The highest BCUT2D eigenvalue weighted by Gasteiger charge is 2.46. The van der Waals surface area contributed by atoms with Crippen LogP contribution in [0.3, 0.4) is 0 Å². The first-order valence-corrected chi connectivity index (χ1v) is 13.9. The van der Waals surface area contributed by atoms with Gasteiger partial charge >= 0.3 is 5.97 Å². The fourth-order valence-corrected chi connectivity index (χ4v) is 5.75. The number of benzene rings is 1. The van der Waals surface area contributed by atoms with E-state index in [1.165, 1.54) is 0 Å². The molecule has 4 atom stereocenters. The van der Waals surface area contributed by atoms with Gasteiger partial charge in [-0.25, -0.2) is 4.98 Å². The fraction of sp³-hybridized carbons (Fsp3) is 0.571. The summed E-state index contributed by atoms with van der Waals surface area (Å²) >= 11 is 1.60. The van der Waals surface area contributed by atoms with Crippen molar-refractivity contribution in [2.24, 2.45) is 11.3 Å². The molecule has 1 aliphatic carbocycles. The highest BCUT2D eigenvalue weighted by Crippen LogP contribution is 2.33. The van der Waals surface area contributed by atoms with E-state index in [0.29, 0.717) is 6.42 Å². The molecule has 2 heterocycles. The summed E-state index contributed by atoms with van der Waals surface area (Å²) in [6, 6.07) is 6.67. The van der Waals surface area contributed by atoms with E-state index >= 15 is 0 Å². The normalized spacial score (nSPS) is 21.4. The van der Waals surface area contributed by atoms with Gasteiger partial charge in [-0.3, -0.25) is 14.4 Å². The number of carbonyl (C=O) groups excluding carboxylic acids is 3. The van der Waals surface area contributed by atoms with Gasteiger partial charge in [0.2, 0.25) is 11.8 Å². The lowest BCUT2D eigenvalue weighted by Crippen LogP contribution is -2.56.